The molecule has 4 aromatic carbocycles. The summed E-state index contributed by atoms with van der Waals surface area (Å²) in [6.45, 7) is 0. The molecule has 0 spiro atoms. The van der Waals surface area contributed by atoms with Gasteiger partial charge < -0.3 is 9.31 Å². The fourth-order valence-electron chi connectivity index (χ4n) is 2.89. The molecule has 0 atom stereocenters. The van der Waals surface area contributed by atoms with Crippen LogP contribution >= 0.6 is 23.5 Å². The van der Waals surface area contributed by atoms with E-state index in [0.717, 1.165) is 32.8 Å². The van der Waals surface area contributed by atoms with E-state index < -0.39 is 0 Å². The molecule has 0 aliphatic carbocycles. The van der Waals surface area contributed by atoms with E-state index in [1.807, 2.05) is 48.5 Å². The highest BCUT2D eigenvalue weighted by atomic mass is 32.2. The smallest absolute Gasteiger partial charge is 0.526 e. The van der Waals surface area contributed by atoms with Gasteiger partial charge in [-0.05, 0) is 47.5 Å². The predicted octanol–water partition coefficient (Wildman–Crippen LogP) is 7.26. The zero-order chi connectivity index (χ0) is 21.1. The van der Waals surface area contributed by atoms with Gasteiger partial charge in [-0.1, -0.05) is 72.8 Å². The second-order valence-electron chi connectivity index (χ2n) is 6.83. The zero-order valence-corrected chi connectivity index (χ0v) is 18.6. The van der Waals surface area contributed by atoms with Gasteiger partial charge in [-0.3, -0.25) is 0 Å². The molecule has 4 rings (SSSR count). The quantitative estimate of drug-likeness (QED) is 0.190. The first-order valence-electron chi connectivity index (χ1n) is 10.0. The van der Waals surface area contributed by atoms with Crippen LogP contribution in [0, 0.1) is 0 Å². The fourth-order valence-corrected chi connectivity index (χ4v) is 4.69. The summed E-state index contributed by atoms with van der Waals surface area (Å²) in [7, 11) is 1.39. The number of hydrogen-bond donors (Lipinski definition) is 0. The van der Waals surface area contributed by atoms with Crippen molar-refractivity contribution in [2.45, 2.75) is 21.3 Å². The summed E-state index contributed by atoms with van der Waals surface area (Å²) in [6, 6.07) is 37.0. The van der Waals surface area contributed by atoms with E-state index in [2.05, 4.69) is 60.7 Å². The topological polar surface area (TPSA) is 18.5 Å². The van der Waals surface area contributed by atoms with Crippen molar-refractivity contribution in [1.29, 1.82) is 0 Å². The van der Waals surface area contributed by atoms with E-state index in [1.54, 1.807) is 23.5 Å². The summed E-state index contributed by atoms with van der Waals surface area (Å²) in [4.78, 5) is 2.32. The summed E-state index contributed by atoms with van der Waals surface area (Å²) < 4.78 is 11.4. The molecule has 0 heterocycles. The number of hydrogen-bond acceptors (Lipinski definition) is 4. The van der Waals surface area contributed by atoms with Crippen molar-refractivity contribution in [3.05, 3.63) is 120 Å². The summed E-state index contributed by atoms with van der Waals surface area (Å²) in [5.74, 6) is 3.37. The van der Waals surface area contributed by atoms with Gasteiger partial charge in [0.1, 0.15) is 11.5 Å². The molecular weight excluding hydrogens is 419 g/mol. The third kappa shape index (κ3) is 7.16. The molecule has 0 bridgehead atoms. The van der Waals surface area contributed by atoms with Gasteiger partial charge in [0.25, 0.3) is 0 Å². The van der Waals surface area contributed by atoms with Crippen molar-refractivity contribution in [2.24, 2.45) is 0 Å². The Balaban J connectivity index is 1.25. The molecule has 0 unspecified atom stereocenters. The Hall–Kier alpha value is -2.76. The van der Waals surface area contributed by atoms with Gasteiger partial charge in [-0.2, -0.15) is 0 Å². The minimum absolute atomic E-state index is 0.757. The van der Waals surface area contributed by atoms with Crippen molar-refractivity contribution in [1.82, 2.24) is 0 Å². The molecule has 153 valence electrons. The summed E-state index contributed by atoms with van der Waals surface area (Å²) in [5.41, 5.74) is 2.61. The minimum atomic E-state index is 0.757. The standard InChI is InChI=1S/C26H22BO2S2/c1-3-9-21(10-4-1)19-30-25-15-7-13-23(17-25)28-27-29-24-14-8-16-26(18-24)31-20-22-11-5-2-6-12-22/h1-18H,19-20H2. The van der Waals surface area contributed by atoms with Gasteiger partial charge in [-0.25, -0.2) is 0 Å². The van der Waals surface area contributed by atoms with Crippen LogP contribution in [0.25, 0.3) is 0 Å². The van der Waals surface area contributed by atoms with Crippen molar-refractivity contribution >= 4 is 31.2 Å². The summed E-state index contributed by atoms with van der Waals surface area (Å²) in [5, 5.41) is 0. The van der Waals surface area contributed by atoms with Crippen molar-refractivity contribution in [2.75, 3.05) is 0 Å². The van der Waals surface area contributed by atoms with Crippen molar-refractivity contribution in [3.63, 3.8) is 0 Å². The maximum absolute atomic E-state index is 5.70. The van der Waals surface area contributed by atoms with Crippen LogP contribution in [0.5, 0.6) is 11.5 Å². The molecule has 0 aliphatic rings. The minimum Gasteiger partial charge on any atom is -0.526 e. The highest BCUT2D eigenvalue weighted by Gasteiger charge is 2.05. The van der Waals surface area contributed by atoms with Crippen LogP contribution in [-0.4, -0.2) is 7.69 Å². The molecule has 0 saturated heterocycles. The molecule has 0 N–H and O–H groups in total. The second kappa shape index (κ2) is 11.6. The predicted molar refractivity (Wildman–Crippen MR) is 132 cm³/mol. The van der Waals surface area contributed by atoms with Crippen LogP contribution < -0.4 is 9.31 Å². The van der Waals surface area contributed by atoms with Crippen molar-refractivity contribution < 1.29 is 9.31 Å². The summed E-state index contributed by atoms with van der Waals surface area (Å²) in [6.07, 6.45) is 0. The molecule has 0 aliphatic heterocycles. The number of rotatable bonds is 10. The third-order valence-electron chi connectivity index (χ3n) is 4.48. The van der Waals surface area contributed by atoms with Gasteiger partial charge in [0, 0.05) is 21.3 Å². The molecule has 4 aromatic rings. The third-order valence-corrected chi connectivity index (χ3v) is 6.61. The number of benzene rings is 4. The Morgan fingerprint density at radius 3 is 1.42 bits per heavy atom. The lowest BCUT2D eigenvalue weighted by atomic mass is 10.2. The first-order chi connectivity index (χ1) is 15.3. The van der Waals surface area contributed by atoms with Crippen LogP contribution in [0.15, 0.2) is 119 Å². The van der Waals surface area contributed by atoms with E-state index in [1.165, 1.54) is 18.8 Å². The fraction of sp³-hybridized carbons (Fsp3) is 0.0769. The van der Waals surface area contributed by atoms with Crippen LogP contribution in [-0.2, 0) is 11.5 Å². The largest absolute Gasteiger partial charge is 0.658 e. The highest BCUT2D eigenvalue weighted by Crippen LogP contribution is 2.27. The second-order valence-corrected chi connectivity index (χ2v) is 8.93. The molecule has 0 aromatic heterocycles. The Labute approximate surface area is 193 Å². The lowest BCUT2D eigenvalue weighted by Gasteiger charge is -2.09. The Morgan fingerprint density at radius 1 is 0.516 bits per heavy atom. The zero-order valence-electron chi connectivity index (χ0n) is 17.0. The van der Waals surface area contributed by atoms with E-state index in [-0.39, 0.29) is 0 Å². The average molecular weight is 441 g/mol. The first kappa shape index (κ1) is 21.5. The first-order valence-corrected chi connectivity index (χ1v) is 12.0. The van der Waals surface area contributed by atoms with E-state index >= 15 is 0 Å². The maximum atomic E-state index is 5.70. The SMILES string of the molecule is [B](Oc1cccc(SCc2ccccc2)c1)Oc1cccc(SCc2ccccc2)c1. The monoisotopic (exact) mass is 441 g/mol. The Morgan fingerprint density at radius 2 is 0.968 bits per heavy atom. The molecule has 31 heavy (non-hydrogen) atoms. The van der Waals surface area contributed by atoms with Gasteiger partial charge in [0.05, 0.1) is 0 Å². The molecule has 0 saturated carbocycles. The Kier molecular flexibility index (Phi) is 8.03. The van der Waals surface area contributed by atoms with Crippen LogP contribution in [0.2, 0.25) is 0 Å². The molecule has 0 fully saturated rings. The normalized spacial score (nSPS) is 10.5. The van der Waals surface area contributed by atoms with Gasteiger partial charge >= 0.3 is 7.69 Å². The Bertz CT molecular complexity index is 988. The highest BCUT2D eigenvalue weighted by molar-refractivity contribution is 7.98. The van der Waals surface area contributed by atoms with Crippen molar-refractivity contribution in [3.8, 4) is 11.5 Å². The van der Waals surface area contributed by atoms with Crippen LogP contribution in [0.4, 0.5) is 0 Å². The molecule has 2 nitrogen and oxygen atoms in total. The van der Waals surface area contributed by atoms with Gasteiger partial charge in [0.15, 0.2) is 0 Å². The average Bonchev–Trinajstić information content (AvgIpc) is 2.83. The number of thioether (sulfide) groups is 2. The molecule has 5 heteroatoms. The van der Waals surface area contributed by atoms with Gasteiger partial charge in [0.2, 0.25) is 0 Å². The van der Waals surface area contributed by atoms with Crippen LogP contribution in [0.1, 0.15) is 11.1 Å². The summed E-state index contributed by atoms with van der Waals surface area (Å²) >= 11 is 3.57. The molecule has 1 radical (unpaired) electrons. The molecular formula is C26H22BO2S2. The van der Waals surface area contributed by atoms with Gasteiger partial charge in [-0.15, -0.1) is 23.5 Å². The lowest BCUT2D eigenvalue weighted by Crippen LogP contribution is -2.10. The van der Waals surface area contributed by atoms with E-state index in [0.29, 0.717) is 0 Å². The van der Waals surface area contributed by atoms with E-state index in [9.17, 15) is 0 Å². The lowest BCUT2D eigenvalue weighted by molar-refractivity contribution is 0.457. The van der Waals surface area contributed by atoms with Crippen LogP contribution in [0.3, 0.4) is 0 Å². The maximum Gasteiger partial charge on any atom is 0.658 e. The van der Waals surface area contributed by atoms with E-state index in [4.69, 9.17) is 9.31 Å². The molecule has 0 amide bonds.